The van der Waals surface area contributed by atoms with Crippen LogP contribution in [-0.4, -0.2) is 22.6 Å². The Kier molecular flexibility index (Phi) is 5.39. The number of nitrogens with one attached hydrogen (secondary N) is 3. The second kappa shape index (κ2) is 7.09. The monoisotopic (exact) mass is 344 g/mol. The van der Waals surface area contributed by atoms with Gasteiger partial charge in [-0.25, -0.2) is 4.39 Å². The van der Waals surface area contributed by atoms with Crippen molar-refractivity contribution < 1.29 is 9.18 Å². The van der Waals surface area contributed by atoms with Crippen LogP contribution in [0.15, 0.2) is 18.2 Å². The molecule has 3 N–H and O–H groups in total. The molecule has 2 heterocycles. The minimum absolute atomic E-state index is 0. The van der Waals surface area contributed by atoms with Gasteiger partial charge in [-0.15, -0.1) is 12.4 Å². The molecule has 118 valence electrons. The van der Waals surface area contributed by atoms with E-state index in [0.717, 1.165) is 29.8 Å². The van der Waals surface area contributed by atoms with Gasteiger partial charge in [0.1, 0.15) is 5.82 Å². The molecule has 3 rings (SSSR count). The molecule has 1 amide bonds. The minimum Gasteiger partial charge on any atom is -0.347 e. The minimum atomic E-state index is -0.473. The third-order valence-corrected chi connectivity index (χ3v) is 3.75. The van der Waals surface area contributed by atoms with E-state index >= 15 is 0 Å². The van der Waals surface area contributed by atoms with Crippen molar-refractivity contribution in [3.05, 3.63) is 51.6 Å². The van der Waals surface area contributed by atoms with Gasteiger partial charge in [0, 0.05) is 37.3 Å². The van der Waals surface area contributed by atoms with E-state index < -0.39 is 5.82 Å². The van der Waals surface area contributed by atoms with Gasteiger partial charge < -0.3 is 10.6 Å². The molecule has 1 aromatic heterocycles. The number of nitrogens with zero attached hydrogens (tertiary/aromatic N) is 1. The number of hydrogen-bond donors (Lipinski definition) is 3. The van der Waals surface area contributed by atoms with Crippen molar-refractivity contribution in [2.45, 2.75) is 19.5 Å². The maximum Gasteiger partial charge on any atom is 0.272 e. The van der Waals surface area contributed by atoms with Crippen LogP contribution in [0.2, 0.25) is 5.02 Å². The smallest absolute Gasteiger partial charge is 0.272 e. The van der Waals surface area contributed by atoms with Crippen LogP contribution in [0.5, 0.6) is 0 Å². The SMILES string of the molecule is Cl.O=C(NCc1ccc(F)c(Cl)c1)c1n[nH]c2c1CNCC2. The number of aromatic amines is 1. The molecule has 0 spiro atoms. The topological polar surface area (TPSA) is 69.8 Å². The second-order valence-corrected chi connectivity index (χ2v) is 5.29. The Morgan fingerprint density at radius 3 is 3.05 bits per heavy atom. The van der Waals surface area contributed by atoms with Crippen LogP contribution in [0.25, 0.3) is 0 Å². The quantitative estimate of drug-likeness (QED) is 0.799. The van der Waals surface area contributed by atoms with Gasteiger partial charge in [0.25, 0.3) is 5.91 Å². The summed E-state index contributed by atoms with van der Waals surface area (Å²) in [5.74, 6) is -0.726. The van der Waals surface area contributed by atoms with Gasteiger partial charge in [-0.2, -0.15) is 5.10 Å². The highest BCUT2D eigenvalue weighted by atomic mass is 35.5. The lowest BCUT2D eigenvalue weighted by Gasteiger charge is -2.12. The average Bonchev–Trinajstić information content (AvgIpc) is 2.92. The molecule has 0 fully saturated rings. The third kappa shape index (κ3) is 3.40. The van der Waals surface area contributed by atoms with E-state index in [4.69, 9.17) is 11.6 Å². The molecule has 22 heavy (non-hydrogen) atoms. The highest BCUT2D eigenvalue weighted by Crippen LogP contribution is 2.17. The number of H-pyrrole nitrogens is 1. The molecular weight excluding hydrogens is 330 g/mol. The molecule has 0 bridgehead atoms. The number of aromatic nitrogens is 2. The lowest BCUT2D eigenvalue weighted by molar-refractivity contribution is 0.0944. The molecule has 0 radical (unpaired) electrons. The fraction of sp³-hybridized carbons (Fsp3) is 0.286. The van der Waals surface area contributed by atoms with Gasteiger partial charge in [-0.05, 0) is 17.7 Å². The zero-order chi connectivity index (χ0) is 14.8. The fourth-order valence-electron chi connectivity index (χ4n) is 2.33. The number of rotatable bonds is 3. The molecule has 8 heteroatoms. The van der Waals surface area contributed by atoms with Crippen LogP contribution in [0, 0.1) is 5.82 Å². The highest BCUT2D eigenvalue weighted by Gasteiger charge is 2.21. The molecule has 5 nitrogen and oxygen atoms in total. The lowest BCUT2D eigenvalue weighted by atomic mass is 10.1. The first-order valence-corrected chi connectivity index (χ1v) is 7.02. The molecule has 1 aliphatic rings. The number of halogens is 3. The normalized spacial score (nSPS) is 13.2. The summed E-state index contributed by atoms with van der Waals surface area (Å²) in [6, 6.07) is 4.37. The summed E-state index contributed by atoms with van der Waals surface area (Å²) in [5.41, 5.74) is 3.06. The van der Waals surface area contributed by atoms with E-state index in [1.807, 2.05) is 0 Å². The van der Waals surface area contributed by atoms with Crippen LogP contribution >= 0.6 is 24.0 Å². The van der Waals surface area contributed by atoms with Gasteiger partial charge in [0.2, 0.25) is 0 Å². The zero-order valence-corrected chi connectivity index (χ0v) is 13.2. The summed E-state index contributed by atoms with van der Waals surface area (Å²) in [5, 5.41) is 13.0. The predicted molar refractivity (Wildman–Crippen MR) is 83.8 cm³/mol. The van der Waals surface area contributed by atoms with Crippen LogP contribution in [0.3, 0.4) is 0 Å². The molecule has 2 aromatic rings. The summed E-state index contributed by atoms with van der Waals surface area (Å²) in [6.07, 6.45) is 0.836. The number of hydrogen-bond acceptors (Lipinski definition) is 3. The number of carbonyl (C=O) groups excluding carboxylic acids is 1. The summed E-state index contributed by atoms with van der Waals surface area (Å²) in [7, 11) is 0. The number of fused-ring (bicyclic) bond motifs is 1. The Morgan fingerprint density at radius 1 is 1.45 bits per heavy atom. The van der Waals surface area contributed by atoms with E-state index in [2.05, 4.69) is 20.8 Å². The molecule has 1 aliphatic heterocycles. The van der Waals surface area contributed by atoms with Crippen LogP contribution in [0.1, 0.15) is 27.3 Å². The van der Waals surface area contributed by atoms with Gasteiger partial charge in [-0.1, -0.05) is 17.7 Å². The Morgan fingerprint density at radius 2 is 2.27 bits per heavy atom. The summed E-state index contributed by atoms with van der Waals surface area (Å²) in [4.78, 5) is 12.2. The van der Waals surface area contributed by atoms with E-state index in [1.54, 1.807) is 6.07 Å². The van der Waals surface area contributed by atoms with Gasteiger partial charge in [0.05, 0.1) is 5.02 Å². The van der Waals surface area contributed by atoms with Crippen LogP contribution < -0.4 is 10.6 Å². The molecule has 0 saturated heterocycles. The van der Waals surface area contributed by atoms with Crippen molar-refractivity contribution in [3.63, 3.8) is 0 Å². The summed E-state index contributed by atoms with van der Waals surface area (Å²) in [6.45, 7) is 1.79. The van der Waals surface area contributed by atoms with Crippen LogP contribution in [-0.2, 0) is 19.5 Å². The Balaban J connectivity index is 0.00000176. The van der Waals surface area contributed by atoms with Crippen molar-refractivity contribution in [1.82, 2.24) is 20.8 Å². The van der Waals surface area contributed by atoms with Gasteiger partial charge in [0.15, 0.2) is 5.69 Å². The summed E-state index contributed by atoms with van der Waals surface area (Å²) >= 11 is 5.71. The number of amides is 1. The molecule has 0 aliphatic carbocycles. The first-order chi connectivity index (χ1) is 10.1. The summed E-state index contributed by atoms with van der Waals surface area (Å²) < 4.78 is 13.1. The Bertz CT molecular complexity index is 689. The fourth-order valence-corrected chi connectivity index (χ4v) is 2.53. The van der Waals surface area contributed by atoms with Crippen molar-refractivity contribution in [2.24, 2.45) is 0 Å². The first-order valence-electron chi connectivity index (χ1n) is 6.64. The molecule has 1 aromatic carbocycles. The van der Waals surface area contributed by atoms with E-state index in [-0.39, 0.29) is 29.9 Å². The van der Waals surface area contributed by atoms with Gasteiger partial charge >= 0.3 is 0 Å². The maximum atomic E-state index is 13.1. The Labute approximate surface area is 138 Å². The van der Waals surface area contributed by atoms with Crippen molar-refractivity contribution in [2.75, 3.05) is 6.54 Å². The second-order valence-electron chi connectivity index (χ2n) is 4.89. The first kappa shape index (κ1) is 16.7. The van der Waals surface area contributed by atoms with Crippen molar-refractivity contribution in [3.8, 4) is 0 Å². The largest absolute Gasteiger partial charge is 0.347 e. The van der Waals surface area contributed by atoms with E-state index in [1.165, 1.54) is 12.1 Å². The number of carbonyl (C=O) groups is 1. The standard InChI is InChI=1S/C14H14ClFN4O.ClH/c15-10-5-8(1-2-11(10)16)6-18-14(21)13-9-7-17-4-3-12(9)19-20-13;/h1-2,5,17H,3-4,6-7H2,(H,18,21)(H,19,20);1H. The van der Waals surface area contributed by atoms with Crippen molar-refractivity contribution >= 4 is 29.9 Å². The maximum absolute atomic E-state index is 13.1. The zero-order valence-electron chi connectivity index (χ0n) is 11.6. The number of benzene rings is 1. The molecule has 0 saturated carbocycles. The highest BCUT2D eigenvalue weighted by molar-refractivity contribution is 6.30. The van der Waals surface area contributed by atoms with Crippen LogP contribution in [0.4, 0.5) is 4.39 Å². The molecule has 0 unspecified atom stereocenters. The lowest BCUT2D eigenvalue weighted by Crippen LogP contribution is -2.28. The average molecular weight is 345 g/mol. The Hall–Kier alpha value is -1.63. The van der Waals surface area contributed by atoms with Crippen molar-refractivity contribution in [1.29, 1.82) is 0 Å². The van der Waals surface area contributed by atoms with E-state index in [0.29, 0.717) is 12.2 Å². The predicted octanol–water partition coefficient (Wildman–Crippen LogP) is 2.20. The van der Waals surface area contributed by atoms with E-state index in [9.17, 15) is 9.18 Å². The molecule has 0 atom stereocenters. The van der Waals surface area contributed by atoms with Gasteiger partial charge in [-0.3, -0.25) is 9.89 Å². The third-order valence-electron chi connectivity index (χ3n) is 3.46. The molecular formula is C14H15Cl2FN4O.